The summed E-state index contributed by atoms with van der Waals surface area (Å²) in [6.45, 7) is -0.681. The van der Waals surface area contributed by atoms with Gasteiger partial charge in [-0.25, -0.2) is 0 Å². The van der Waals surface area contributed by atoms with Gasteiger partial charge in [0.05, 0.1) is 25.2 Å². The number of benzene rings is 4. The second-order valence-corrected chi connectivity index (χ2v) is 11.3. The Balaban J connectivity index is 1.14. The van der Waals surface area contributed by atoms with E-state index in [2.05, 4.69) is 21.3 Å². The predicted molar refractivity (Wildman–Crippen MR) is 179 cm³/mol. The molecule has 244 valence electrons. The largest absolute Gasteiger partial charge is 0.346 e. The predicted octanol–water partition coefficient (Wildman–Crippen LogP) is 1.71. The van der Waals surface area contributed by atoms with Crippen LogP contribution in [-0.2, 0) is 32.0 Å². The lowest BCUT2D eigenvalue weighted by Gasteiger charge is -2.19. The molecule has 48 heavy (non-hydrogen) atoms. The summed E-state index contributed by atoms with van der Waals surface area (Å²) in [5.41, 5.74) is 14.7. The molecule has 0 saturated heterocycles. The molecule has 0 aromatic heterocycles. The molecule has 1 aliphatic carbocycles. The highest BCUT2D eigenvalue weighted by Crippen LogP contribution is 2.31. The summed E-state index contributed by atoms with van der Waals surface area (Å²) in [6, 6.07) is 25.5. The van der Waals surface area contributed by atoms with Crippen LogP contribution in [0.15, 0.2) is 97.1 Å². The van der Waals surface area contributed by atoms with Gasteiger partial charge in [-0.2, -0.15) is 0 Å². The molecule has 0 aliphatic heterocycles. The van der Waals surface area contributed by atoms with Gasteiger partial charge >= 0.3 is 0 Å². The monoisotopic (exact) mass is 646 g/mol. The fraction of sp³-hybridized carbons (Fsp3) is 0.167. The second kappa shape index (κ2) is 15.1. The van der Waals surface area contributed by atoms with Crippen LogP contribution < -0.4 is 32.7 Å². The zero-order chi connectivity index (χ0) is 34.2. The first kappa shape index (κ1) is 33.4. The van der Waals surface area contributed by atoms with Crippen molar-refractivity contribution in [1.82, 2.24) is 10.6 Å². The van der Waals surface area contributed by atoms with Crippen molar-refractivity contribution >= 4 is 46.6 Å². The van der Waals surface area contributed by atoms with E-state index in [1.807, 2.05) is 60.7 Å². The zero-order valence-electron chi connectivity index (χ0n) is 25.8. The summed E-state index contributed by atoms with van der Waals surface area (Å²) in [7, 11) is 0. The Bertz CT molecular complexity index is 1740. The quantitative estimate of drug-likeness (QED) is 0.118. The molecule has 12 nitrogen and oxygen atoms in total. The second-order valence-electron chi connectivity index (χ2n) is 11.3. The average Bonchev–Trinajstić information content (AvgIpc) is 3.09. The minimum Gasteiger partial charge on any atom is -0.346 e. The average molecular weight is 647 g/mol. The number of nitrogens with two attached hydrogens (primary N) is 2. The van der Waals surface area contributed by atoms with E-state index in [9.17, 15) is 28.8 Å². The zero-order valence-corrected chi connectivity index (χ0v) is 25.8. The molecule has 0 radical (unpaired) electrons. The van der Waals surface area contributed by atoms with Gasteiger partial charge in [-0.15, -0.1) is 0 Å². The molecule has 0 saturated carbocycles. The van der Waals surface area contributed by atoms with Crippen LogP contribution in [0.3, 0.4) is 0 Å². The first-order valence-electron chi connectivity index (χ1n) is 15.2. The highest BCUT2D eigenvalue weighted by Gasteiger charge is 2.30. The molecule has 0 heterocycles. The summed E-state index contributed by atoms with van der Waals surface area (Å²) in [5, 5.41) is 10.3. The lowest BCUT2D eigenvalue weighted by molar-refractivity contribution is -0.125. The maximum absolute atomic E-state index is 13.4. The van der Waals surface area contributed by atoms with Crippen LogP contribution in [-0.4, -0.2) is 60.4 Å². The number of carbonyl (C=O) groups is 6. The third-order valence-electron chi connectivity index (χ3n) is 7.70. The Morgan fingerprint density at radius 3 is 1.27 bits per heavy atom. The van der Waals surface area contributed by atoms with Gasteiger partial charge < -0.3 is 32.7 Å². The van der Waals surface area contributed by atoms with Gasteiger partial charge in [-0.05, 0) is 60.4 Å². The summed E-state index contributed by atoms with van der Waals surface area (Å²) in [6.07, 6.45) is 0.626. The number of hydrogen-bond acceptors (Lipinski definition) is 8. The molecular weight excluding hydrogens is 612 g/mol. The van der Waals surface area contributed by atoms with Crippen molar-refractivity contribution in [2.24, 2.45) is 11.5 Å². The molecule has 1 aliphatic rings. The normalized spacial score (nSPS) is 13.0. The van der Waals surface area contributed by atoms with E-state index in [1.54, 1.807) is 0 Å². The summed E-state index contributed by atoms with van der Waals surface area (Å²) in [4.78, 5) is 76.5. The lowest BCUT2D eigenvalue weighted by Crippen LogP contribution is -2.44. The molecule has 12 heteroatoms. The van der Waals surface area contributed by atoms with Crippen LogP contribution in [0.2, 0.25) is 0 Å². The third-order valence-corrected chi connectivity index (χ3v) is 7.70. The number of amides is 4. The minimum atomic E-state index is -0.837. The fourth-order valence-corrected chi connectivity index (χ4v) is 5.23. The number of anilines is 2. The first-order chi connectivity index (χ1) is 23.1. The molecule has 0 unspecified atom stereocenters. The SMILES string of the molecule is N[C@@H](Cc1ccccc1)C(=O)NCC(=O)Nc1ccc2c(c1)C(=O)c1ccc(NC(=O)CNC(=O)[C@@H](N)Cc3ccccc3)cc1C2=O. The highest BCUT2D eigenvalue weighted by atomic mass is 16.2. The van der Waals surface area contributed by atoms with Gasteiger partial charge in [0.25, 0.3) is 0 Å². The smallest absolute Gasteiger partial charge is 0.243 e. The Labute approximate surface area is 276 Å². The Morgan fingerprint density at radius 2 is 0.896 bits per heavy atom. The van der Waals surface area contributed by atoms with Crippen LogP contribution in [0.4, 0.5) is 11.4 Å². The number of hydrogen-bond donors (Lipinski definition) is 6. The molecule has 4 aromatic carbocycles. The molecule has 4 amide bonds. The van der Waals surface area contributed by atoms with Gasteiger partial charge in [0, 0.05) is 33.6 Å². The van der Waals surface area contributed by atoms with E-state index in [4.69, 9.17) is 11.5 Å². The van der Waals surface area contributed by atoms with E-state index < -0.39 is 47.3 Å². The molecular formula is C36H34N6O6. The van der Waals surface area contributed by atoms with Crippen molar-refractivity contribution in [1.29, 1.82) is 0 Å². The molecule has 8 N–H and O–H groups in total. The number of carbonyl (C=O) groups excluding carboxylic acids is 6. The molecule has 0 spiro atoms. The van der Waals surface area contributed by atoms with Gasteiger partial charge in [0.15, 0.2) is 11.6 Å². The van der Waals surface area contributed by atoms with E-state index in [-0.39, 0.29) is 46.7 Å². The van der Waals surface area contributed by atoms with Crippen LogP contribution in [0, 0.1) is 0 Å². The number of nitrogens with one attached hydrogen (secondary N) is 4. The van der Waals surface area contributed by atoms with Crippen molar-refractivity contribution in [3.63, 3.8) is 0 Å². The van der Waals surface area contributed by atoms with Crippen molar-refractivity contribution in [3.05, 3.63) is 130 Å². The fourth-order valence-electron chi connectivity index (χ4n) is 5.23. The topological polar surface area (TPSA) is 203 Å². The maximum atomic E-state index is 13.4. The molecule has 4 aromatic rings. The number of fused-ring (bicyclic) bond motifs is 2. The summed E-state index contributed by atoms with van der Waals surface area (Å²) in [5.74, 6) is -2.93. The van der Waals surface area contributed by atoms with Crippen molar-refractivity contribution in [2.75, 3.05) is 23.7 Å². The Hall–Kier alpha value is -5.98. The van der Waals surface area contributed by atoms with Gasteiger partial charge in [-0.1, -0.05) is 60.7 Å². The van der Waals surface area contributed by atoms with Gasteiger partial charge in [0.1, 0.15) is 0 Å². The number of ketones is 2. The number of rotatable bonds is 12. The molecule has 0 fully saturated rings. The molecule has 0 bridgehead atoms. The van der Waals surface area contributed by atoms with E-state index in [0.717, 1.165) is 11.1 Å². The third kappa shape index (κ3) is 8.23. The van der Waals surface area contributed by atoms with Crippen LogP contribution in [0.5, 0.6) is 0 Å². The van der Waals surface area contributed by atoms with Crippen molar-refractivity contribution in [3.8, 4) is 0 Å². The Kier molecular flexibility index (Phi) is 10.5. The van der Waals surface area contributed by atoms with E-state index in [0.29, 0.717) is 12.8 Å². The lowest BCUT2D eigenvalue weighted by atomic mass is 9.83. The van der Waals surface area contributed by atoms with Crippen LogP contribution >= 0.6 is 0 Å². The van der Waals surface area contributed by atoms with E-state index in [1.165, 1.54) is 36.4 Å². The van der Waals surface area contributed by atoms with Crippen LogP contribution in [0.1, 0.15) is 43.0 Å². The van der Waals surface area contributed by atoms with Crippen LogP contribution in [0.25, 0.3) is 0 Å². The molecule has 2 atom stereocenters. The van der Waals surface area contributed by atoms with Gasteiger partial charge in [-0.3, -0.25) is 28.8 Å². The summed E-state index contributed by atoms with van der Waals surface area (Å²) >= 11 is 0. The molecule has 5 rings (SSSR count). The maximum Gasteiger partial charge on any atom is 0.243 e. The van der Waals surface area contributed by atoms with E-state index >= 15 is 0 Å². The Morgan fingerprint density at radius 1 is 0.521 bits per heavy atom. The highest BCUT2D eigenvalue weighted by molar-refractivity contribution is 6.29. The standard InChI is InChI=1S/C36H34N6O6/c37-29(15-21-7-3-1-4-8-21)35(47)39-19-31(43)41-23-11-13-25-27(17-23)33(45)26-14-12-24(18-28(26)34(25)46)42-32(44)20-40-36(48)30(38)16-22-9-5-2-6-10-22/h1-14,17-18,29-30H,15-16,19-20,37-38H2,(H,39,47)(H,40,48)(H,41,43)(H,42,44)/t29-,30-/m0/s1. The van der Waals surface area contributed by atoms with Crippen molar-refractivity contribution in [2.45, 2.75) is 24.9 Å². The first-order valence-corrected chi connectivity index (χ1v) is 15.2. The van der Waals surface area contributed by atoms with Crippen molar-refractivity contribution < 1.29 is 28.8 Å². The minimum absolute atomic E-state index is 0.102. The van der Waals surface area contributed by atoms with Gasteiger partial charge in [0.2, 0.25) is 23.6 Å². The summed E-state index contributed by atoms with van der Waals surface area (Å²) < 4.78 is 0.